The third-order valence-electron chi connectivity index (χ3n) is 2.43. The van der Waals surface area contributed by atoms with E-state index in [0.717, 1.165) is 5.69 Å². The van der Waals surface area contributed by atoms with Crippen molar-refractivity contribution in [1.82, 2.24) is 25.1 Å². The molecule has 1 N–H and O–H groups in total. The molecule has 0 aliphatic carbocycles. The number of anilines is 1. The molecule has 2 rings (SSSR count). The van der Waals surface area contributed by atoms with Gasteiger partial charge in [0.2, 0.25) is 11.9 Å². The smallest absolute Gasteiger partial charge is 0.242 e. The predicted molar refractivity (Wildman–Crippen MR) is 70.4 cm³/mol. The highest BCUT2D eigenvalue weighted by molar-refractivity contribution is 5.75. The first-order chi connectivity index (χ1) is 9.15. The molecule has 0 saturated heterocycles. The van der Waals surface area contributed by atoms with Gasteiger partial charge in [0.25, 0.3) is 0 Å². The average molecular weight is 260 g/mol. The first-order valence-electron chi connectivity index (χ1n) is 5.88. The van der Waals surface area contributed by atoms with Crippen molar-refractivity contribution in [2.24, 2.45) is 0 Å². The Morgan fingerprint density at radius 3 is 2.95 bits per heavy atom. The first kappa shape index (κ1) is 13.0. The van der Waals surface area contributed by atoms with Gasteiger partial charge in [0.05, 0.1) is 12.2 Å². The van der Waals surface area contributed by atoms with Crippen LogP contribution in [0.1, 0.15) is 5.69 Å². The summed E-state index contributed by atoms with van der Waals surface area (Å²) in [6.07, 6.45) is 5.06. The molecule has 0 unspecified atom stereocenters. The summed E-state index contributed by atoms with van der Waals surface area (Å²) in [6, 6.07) is 3.56. The van der Waals surface area contributed by atoms with Gasteiger partial charge in [-0.1, -0.05) is 0 Å². The molecule has 7 heteroatoms. The highest BCUT2D eigenvalue weighted by atomic mass is 16.2. The lowest BCUT2D eigenvalue weighted by Crippen LogP contribution is -2.28. The fraction of sp³-hybridized carbons (Fsp3) is 0.333. The van der Waals surface area contributed by atoms with Gasteiger partial charge in [-0.2, -0.15) is 5.10 Å². The van der Waals surface area contributed by atoms with Crippen LogP contribution in [-0.4, -0.2) is 39.8 Å². The second-order valence-corrected chi connectivity index (χ2v) is 4.22. The minimum Gasteiger partial charge on any atom is -0.349 e. The van der Waals surface area contributed by atoms with Crippen LogP contribution in [0.15, 0.2) is 30.7 Å². The molecule has 0 saturated carbocycles. The monoisotopic (exact) mass is 260 g/mol. The molecular formula is C12H16N6O. The Labute approximate surface area is 111 Å². The maximum absolute atomic E-state index is 11.7. The van der Waals surface area contributed by atoms with Crippen LogP contribution in [0.5, 0.6) is 0 Å². The van der Waals surface area contributed by atoms with Crippen molar-refractivity contribution in [2.45, 2.75) is 13.1 Å². The van der Waals surface area contributed by atoms with Gasteiger partial charge in [-0.3, -0.25) is 9.48 Å². The molecule has 0 aliphatic heterocycles. The van der Waals surface area contributed by atoms with Gasteiger partial charge in [-0.05, 0) is 12.1 Å². The van der Waals surface area contributed by atoms with E-state index in [-0.39, 0.29) is 12.5 Å². The maximum Gasteiger partial charge on any atom is 0.242 e. The summed E-state index contributed by atoms with van der Waals surface area (Å²) in [6.45, 7) is 0.585. The summed E-state index contributed by atoms with van der Waals surface area (Å²) in [5.74, 6) is 0.521. The summed E-state index contributed by atoms with van der Waals surface area (Å²) >= 11 is 0. The molecule has 2 aromatic rings. The van der Waals surface area contributed by atoms with Gasteiger partial charge in [0.15, 0.2) is 0 Å². The van der Waals surface area contributed by atoms with E-state index in [0.29, 0.717) is 12.5 Å². The normalized spacial score (nSPS) is 10.2. The largest absolute Gasteiger partial charge is 0.349 e. The number of rotatable bonds is 5. The molecule has 0 spiro atoms. The average Bonchev–Trinajstić information content (AvgIpc) is 2.89. The Morgan fingerprint density at radius 1 is 1.42 bits per heavy atom. The zero-order chi connectivity index (χ0) is 13.7. The number of amides is 1. The molecule has 2 heterocycles. The minimum absolute atomic E-state index is 0.103. The van der Waals surface area contributed by atoms with Crippen molar-refractivity contribution in [2.75, 3.05) is 19.0 Å². The second kappa shape index (κ2) is 5.94. The van der Waals surface area contributed by atoms with Crippen molar-refractivity contribution in [1.29, 1.82) is 0 Å². The van der Waals surface area contributed by atoms with E-state index in [9.17, 15) is 4.79 Å². The van der Waals surface area contributed by atoms with E-state index in [1.807, 2.05) is 19.0 Å². The van der Waals surface area contributed by atoms with E-state index in [2.05, 4.69) is 20.4 Å². The number of aromatic nitrogens is 4. The first-order valence-corrected chi connectivity index (χ1v) is 5.88. The van der Waals surface area contributed by atoms with E-state index >= 15 is 0 Å². The Bertz CT molecular complexity index is 537. The molecule has 0 fully saturated rings. The highest BCUT2D eigenvalue weighted by Gasteiger charge is 2.05. The van der Waals surface area contributed by atoms with Crippen LogP contribution >= 0.6 is 0 Å². The summed E-state index contributed by atoms with van der Waals surface area (Å²) < 4.78 is 1.57. The lowest BCUT2D eigenvalue weighted by atomic mass is 10.4. The van der Waals surface area contributed by atoms with Crippen LogP contribution < -0.4 is 10.2 Å². The lowest BCUT2D eigenvalue weighted by Gasteiger charge is -2.11. The molecule has 0 bridgehead atoms. The molecule has 100 valence electrons. The topological polar surface area (TPSA) is 75.9 Å². The number of nitrogens with one attached hydrogen (secondary N) is 1. The van der Waals surface area contributed by atoms with Crippen LogP contribution in [0.25, 0.3) is 0 Å². The fourth-order valence-corrected chi connectivity index (χ4v) is 1.48. The summed E-state index contributed by atoms with van der Waals surface area (Å²) in [4.78, 5) is 21.9. The Morgan fingerprint density at radius 2 is 2.26 bits per heavy atom. The minimum atomic E-state index is -0.103. The Kier molecular flexibility index (Phi) is 4.07. The molecule has 0 aliphatic rings. The molecule has 0 atom stereocenters. The van der Waals surface area contributed by atoms with E-state index in [1.54, 1.807) is 35.4 Å². The lowest BCUT2D eigenvalue weighted by molar-refractivity contribution is -0.122. The van der Waals surface area contributed by atoms with Gasteiger partial charge in [-0.25, -0.2) is 9.97 Å². The zero-order valence-electron chi connectivity index (χ0n) is 10.9. The van der Waals surface area contributed by atoms with Crippen LogP contribution in [0.4, 0.5) is 5.95 Å². The van der Waals surface area contributed by atoms with Crippen molar-refractivity contribution in [3.8, 4) is 0 Å². The van der Waals surface area contributed by atoms with Crippen LogP contribution in [0.2, 0.25) is 0 Å². The van der Waals surface area contributed by atoms with Crippen molar-refractivity contribution >= 4 is 11.9 Å². The fourth-order valence-electron chi connectivity index (χ4n) is 1.48. The number of nitrogens with zero attached hydrogens (tertiary/aromatic N) is 5. The second-order valence-electron chi connectivity index (χ2n) is 4.22. The predicted octanol–water partition coefficient (Wildman–Crippen LogP) is 0.0555. The van der Waals surface area contributed by atoms with Crippen LogP contribution in [0, 0.1) is 0 Å². The van der Waals surface area contributed by atoms with Gasteiger partial charge in [0, 0.05) is 32.7 Å². The molecule has 19 heavy (non-hydrogen) atoms. The highest BCUT2D eigenvalue weighted by Crippen LogP contribution is 2.03. The van der Waals surface area contributed by atoms with E-state index in [4.69, 9.17) is 0 Å². The summed E-state index contributed by atoms with van der Waals surface area (Å²) in [7, 11) is 3.74. The summed E-state index contributed by atoms with van der Waals surface area (Å²) in [5.41, 5.74) is 0.771. The number of carbonyl (C=O) groups is 1. The van der Waals surface area contributed by atoms with E-state index < -0.39 is 0 Å². The third-order valence-corrected chi connectivity index (χ3v) is 2.43. The number of carbonyl (C=O) groups excluding carboxylic acids is 1. The van der Waals surface area contributed by atoms with Crippen molar-refractivity contribution < 1.29 is 4.79 Å². The molecule has 0 aromatic carbocycles. The Hall–Kier alpha value is -2.44. The van der Waals surface area contributed by atoms with Crippen LogP contribution in [0.3, 0.4) is 0 Å². The standard InChI is InChI=1S/C12H16N6O/c1-17(2)12-13-6-4-10(16-12)8-14-11(19)9-18-7-3-5-15-18/h3-7H,8-9H2,1-2H3,(H,14,19). The molecule has 1 amide bonds. The number of hydrogen-bond acceptors (Lipinski definition) is 5. The van der Waals surface area contributed by atoms with Gasteiger partial charge < -0.3 is 10.2 Å². The van der Waals surface area contributed by atoms with Gasteiger partial charge >= 0.3 is 0 Å². The zero-order valence-corrected chi connectivity index (χ0v) is 10.9. The van der Waals surface area contributed by atoms with E-state index in [1.165, 1.54) is 0 Å². The van der Waals surface area contributed by atoms with Crippen molar-refractivity contribution in [3.05, 3.63) is 36.4 Å². The third kappa shape index (κ3) is 3.77. The SMILES string of the molecule is CN(C)c1nccc(CNC(=O)Cn2cccn2)n1. The molecular weight excluding hydrogens is 244 g/mol. The molecule has 7 nitrogen and oxygen atoms in total. The van der Waals surface area contributed by atoms with Gasteiger partial charge in [0.1, 0.15) is 6.54 Å². The van der Waals surface area contributed by atoms with Crippen LogP contribution in [-0.2, 0) is 17.9 Å². The van der Waals surface area contributed by atoms with Crippen molar-refractivity contribution in [3.63, 3.8) is 0 Å². The quantitative estimate of drug-likeness (QED) is 0.822. The maximum atomic E-state index is 11.7. The Balaban J connectivity index is 1.88. The van der Waals surface area contributed by atoms with Gasteiger partial charge in [-0.15, -0.1) is 0 Å². The molecule has 2 aromatic heterocycles. The molecule has 0 radical (unpaired) electrons. The number of hydrogen-bond donors (Lipinski definition) is 1. The summed E-state index contributed by atoms with van der Waals surface area (Å²) in [5, 5.41) is 6.77.